The number of thiophene rings is 2. The van der Waals surface area contributed by atoms with Gasteiger partial charge in [0.15, 0.2) is 0 Å². The van der Waals surface area contributed by atoms with Gasteiger partial charge in [0, 0.05) is 14.2 Å². The number of nitrogens with one attached hydrogen (secondary N) is 1. The van der Waals surface area contributed by atoms with Crippen molar-refractivity contribution in [2.75, 3.05) is 0 Å². The normalized spacial score (nSPS) is 13.6. The first-order chi connectivity index (χ1) is 9.13. The largest absolute Gasteiger partial charge is 0.346 e. The fourth-order valence-corrected chi connectivity index (χ4v) is 5.34. The van der Waals surface area contributed by atoms with Crippen LogP contribution in [0.2, 0.25) is 0 Å². The summed E-state index contributed by atoms with van der Waals surface area (Å²) < 4.78 is 1.88. The Morgan fingerprint density at radius 2 is 2.11 bits per heavy atom. The minimum Gasteiger partial charge on any atom is -0.346 e. The predicted molar refractivity (Wildman–Crippen MR) is 87.2 cm³/mol. The molecule has 1 aliphatic carbocycles. The summed E-state index contributed by atoms with van der Waals surface area (Å²) in [4.78, 5) is 15.5. The molecular formula is C13H11Br2NOS2. The first kappa shape index (κ1) is 13.8. The molecule has 2 aromatic rings. The Morgan fingerprint density at radius 3 is 2.79 bits per heavy atom. The van der Waals surface area contributed by atoms with Crippen LogP contribution < -0.4 is 5.32 Å². The Morgan fingerprint density at radius 1 is 1.26 bits per heavy atom. The van der Waals surface area contributed by atoms with Crippen molar-refractivity contribution >= 4 is 60.4 Å². The van der Waals surface area contributed by atoms with Crippen LogP contribution in [0.15, 0.2) is 20.4 Å². The van der Waals surface area contributed by atoms with Crippen molar-refractivity contribution in [2.24, 2.45) is 0 Å². The quantitative estimate of drug-likeness (QED) is 0.762. The number of aryl methyl sites for hydroxylation is 2. The number of carbonyl (C=O) groups is 1. The van der Waals surface area contributed by atoms with Crippen LogP contribution in [0.5, 0.6) is 0 Å². The van der Waals surface area contributed by atoms with Gasteiger partial charge in [-0.25, -0.2) is 0 Å². The summed E-state index contributed by atoms with van der Waals surface area (Å²) in [6.07, 6.45) is 3.69. The molecule has 1 aliphatic rings. The minimum absolute atomic E-state index is 0.00930. The van der Waals surface area contributed by atoms with E-state index in [-0.39, 0.29) is 5.91 Å². The van der Waals surface area contributed by atoms with Crippen LogP contribution in [0.4, 0.5) is 0 Å². The molecule has 2 nitrogen and oxygen atoms in total. The van der Waals surface area contributed by atoms with Gasteiger partial charge in [0.05, 0.1) is 15.2 Å². The lowest BCUT2D eigenvalue weighted by Crippen LogP contribution is -2.21. The van der Waals surface area contributed by atoms with Crippen LogP contribution in [-0.4, -0.2) is 5.91 Å². The summed E-state index contributed by atoms with van der Waals surface area (Å²) in [7, 11) is 0. The molecule has 1 amide bonds. The van der Waals surface area contributed by atoms with Gasteiger partial charge in [0.2, 0.25) is 0 Å². The fourth-order valence-electron chi connectivity index (χ4n) is 2.19. The fraction of sp³-hybridized carbons (Fsp3) is 0.308. The lowest BCUT2D eigenvalue weighted by molar-refractivity contribution is 0.0955. The minimum atomic E-state index is -0.00930. The highest BCUT2D eigenvalue weighted by Gasteiger charge is 2.16. The first-order valence-corrected chi connectivity index (χ1v) is 9.19. The van der Waals surface area contributed by atoms with E-state index >= 15 is 0 Å². The summed E-state index contributed by atoms with van der Waals surface area (Å²) in [6.45, 7) is 0.629. The second-order valence-corrected chi connectivity index (χ2v) is 8.88. The van der Waals surface area contributed by atoms with E-state index in [9.17, 15) is 4.79 Å². The topological polar surface area (TPSA) is 29.1 Å². The lowest BCUT2D eigenvalue weighted by atomic mass is 10.2. The van der Waals surface area contributed by atoms with E-state index in [2.05, 4.69) is 43.2 Å². The van der Waals surface area contributed by atoms with Gasteiger partial charge in [-0.05, 0) is 68.8 Å². The molecule has 3 rings (SSSR count). The van der Waals surface area contributed by atoms with E-state index < -0.39 is 0 Å². The molecule has 0 atom stereocenters. The maximum absolute atomic E-state index is 12.0. The van der Waals surface area contributed by atoms with Crippen molar-refractivity contribution in [3.8, 4) is 0 Å². The van der Waals surface area contributed by atoms with E-state index in [1.165, 1.54) is 45.9 Å². The number of halogens is 2. The van der Waals surface area contributed by atoms with E-state index in [0.717, 1.165) is 13.1 Å². The lowest BCUT2D eigenvalue weighted by Gasteiger charge is -2.01. The van der Waals surface area contributed by atoms with Crippen molar-refractivity contribution in [3.63, 3.8) is 0 Å². The standard InChI is InChI=1S/C13H11Br2NOS2/c14-9-5-11(19-12(9)15)13(17)16-6-8-4-7-2-1-3-10(7)18-8/h4-5H,1-3,6H2,(H,16,17). The van der Waals surface area contributed by atoms with Crippen LogP contribution in [0.25, 0.3) is 0 Å². The Hall–Kier alpha value is -0.170. The van der Waals surface area contributed by atoms with Gasteiger partial charge in [-0.15, -0.1) is 22.7 Å². The van der Waals surface area contributed by atoms with Gasteiger partial charge < -0.3 is 5.32 Å². The second kappa shape index (κ2) is 5.68. The molecule has 6 heteroatoms. The third-order valence-electron chi connectivity index (χ3n) is 3.09. The van der Waals surface area contributed by atoms with E-state index in [1.807, 2.05) is 17.4 Å². The van der Waals surface area contributed by atoms with Crippen LogP contribution in [0.1, 0.15) is 31.4 Å². The number of amides is 1. The van der Waals surface area contributed by atoms with Gasteiger partial charge in [0.25, 0.3) is 5.91 Å². The van der Waals surface area contributed by atoms with Gasteiger partial charge in [-0.3, -0.25) is 4.79 Å². The Balaban J connectivity index is 1.63. The summed E-state index contributed by atoms with van der Waals surface area (Å²) in [5.41, 5.74) is 1.48. The number of hydrogen-bond donors (Lipinski definition) is 1. The van der Waals surface area contributed by atoms with Crippen LogP contribution in [-0.2, 0) is 19.4 Å². The van der Waals surface area contributed by atoms with E-state index in [1.54, 1.807) is 0 Å². The Labute approximate surface area is 136 Å². The molecule has 2 heterocycles. The average Bonchev–Trinajstić information content (AvgIpc) is 3.02. The second-order valence-electron chi connectivity index (χ2n) is 4.43. The molecule has 2 aromatic heterocycles. The number of hydrogen-bond acceptors (Lipinski definition) is 3. The van der Waals surface area contributed by atoms with Gasteiger partial charge in [-0.2, -0.15) is 0 Å². The maximum Gasteiger partial charge on any atom is 0.261 e. The molecule has 19 heavy (non-hydrogen) atoms. The molecule has 0 aliphatic heterocycles. The van der Waals surface area contributed by atoms with Crippen LogP contribution in [0.3, 0.4) is 0 Å². The summed E-state index contributed by atoms with van der Waals surface area (Å²) in [5, 5.41) is 2.98. The highest BCUT2D eigenvalue weighted by atomic mass is 79.9. The molecule has 0 aromatic carbocycles. The molecular weight excluding hydrogens is 410 g/mol. The molecule has 0 unspecified atom stereocenters. The monoisotopic (exact) mass is 419 g/mol. The van der Waals surface area contributed by atoms with Crippen LogP contribution >= 0.6 is 54.5 Å². The van der Waals surface area contributed by atoms with Gasteiger partial charge >= 0.3 is 0 Å². The van der Waals surface area contributed by atoms with Crippen molar-refractivity contribution in [2.45, 2.75) is 25.8 Å². The molecule has 0 saturated carbocycles. The molecule has 0 bridgehead atoms. The Bertz CT molecular complexity index is 592. The first-order valence-electron chi connectivity index (χ1n) is 5.97. The number of carbonyl (C=O) groups excluding carboxylic acids is 1. The molecule has 1 N–H and O–H groups in total. The third-order valence-corrected chi connectivity index (χ3v) is 7.58. The van der Waals surface area contributed by atoms with Crippen molar-refractivity contribution in [3.05, 3.63) is 40.6 Å². The molecule has 0 saturated heterocycles. The highest BCUT2D eigenvalue weighted by Crippen LogP contribution is 2.33. The highest BCUT2D eigenvalue weighted by molar-refractivity contribution is 9.13. The zero-order chi connectivity index (χ0) is 13.4. The summed E-state index contributed by atoms with van der Waals surface area (Å²) in [6, 6.07) is 4.09. The van der Waals surface area contributed by atoms with E-state index in [0.29, 0.717) is 6.54 Å². The van der Waals surface area contributed by atoms with Crippen molar-refractivity contribution < 1.29 is 4.79 Å². The Kier molecular flexibility index (Phi) is 4.12. The molecule has 0 fully saturated rings. The van der Waals surface area contributed by atoms with Crippen molar-refractivity contribution in [1.29, 1.82) is 0 Å². The van der Waals surface area contributed by atoms with Gasteiger partial charge in [-0.1, -0.05) is 0 Å². The average molecular weight is 421 g/mol. The van der Waals surface area contributed by atoms with Gasteiger partial charge in [0.1, 0.15) is 0 Å². The molecule has 0 radical (unpaired) electrons. The number of rotatable bonds is 3. The zero-order valence-electron chi connectivity index (χ0n) is 9.96. The summed E-state index contributed by atoms with van der Waals surface area (Å²) in [5.74, 6) is -0.00930. The summed E-state index contributed by atoms with van der Waals surface area (Å²) >= 11 is 10.1. The predicted octanol–water partition coefficient (Wildman–Crippen LogP) is 4.75. The third kappa shape index (κ3) is 2.96. The molecule has 0 spiro atoms. The van der Waals surface area contributed by atoms with Crippen molar-refractivity contribution in [1.82, 2.24) is 5.32 Å². The smallest absolute Gasteiger partial charge is 0.261 e. The maximum atomic E-state index is 12.0. The SMILES string of the molecule is O=C(NCc1cc2c(s1)CCC2)c1cc(Br)c(Br)s1. The van der Waals surface area contributed by atoms with Crippen LogP contribution in [0, 0.1) is 0 Å². The number of fused-ring (bicyclic) bond motifs is 1. The van der Waals surface area contributed by atoms with E-state index in [4.69, 9.17) is 0 Å². The zero-order valence-corrected chi connectivity index (χ0v) is 14.8. The molecule has 100 valence electrons.